The van der Waals surface area contributed by atoms with Gasteiger partial charge >= 0.3 is 0 Å². The SMILES string of the molecule is N#CCN(C(=O)c1ccc(F)cc1[N+](=O)[O-])C1CCCC1. The number of hydrogen-bond acceptors (Lipinski definition) is 4. The summed E-state index contributed by atoms with van der Waals surface area (Å²) in [6, 6.07) is 4.68. The normalized spacial score (nSPS) is 14.7. The number of nitrogens with zero attached hydrogens (tertiary/aromatic N) is 3. The van der Waals surface area contributed by atoms with E-state index in [-0.39, 0.29) is 18.2 Å². The Hall–Kier alpha value is -2.49. The van der Waals surface area contributed by atoms with Crippen LogP contribution in [0.5, 0.6) is 0 Å². The van der Waals surface area contributed by atoms with Gasteiger partial charge in [0.2, 0.25) is 0 Å². The van der Waals surface area contributed by atoms with Crippen molar-refractivity contribution in [2.45, 2.75) is 31.7 Å². The molecule has 0 atom stereocenters. The molecule has 0 radical (unpaired) electrons. The Balaban J connectivity index is 2.36. The van der Waals surface area contributed by atoms with Gasteiger partial charge in [-0.15, -0.1) is 0 Å². The lowest BCUT2D eigenvalue weighted by Gasteiger charge is -2.26. The van der Waals surface area contributed by atoms with Crippen LogP contribution in [0.1, 0.15) is 36.0 Å². The van der Waals surface area contributed by atoms with Gasteiger partial charge < -0.3 is 4.90 Å². The summed E-state index contributed by atoms with van der Waals surface area (Å²) in [6.07, 6.45) is 3.49. The number of halogens is 1. The highest BCUT2D eigenvalue weighted by atomic mass is 19.1. The first kappa shape index (κ1) is 14.9. The van der Waals surface area contributed by atoms with Gasteiger partial charge in [-0.25, -0.2) is 4.39 Å². The lowest BCUT2D eigenvalue weighted by molar-refractivity contribution is -0.385. The highest BCUT2D eigenvalue weighted by Crippen LogP contribution is 2.27. The van der Waals surface area contributed by atoms with Gasteiger partial charge in [0.05, 0.1) is 17.1 Å². The lowest BCUT2D eigenvalue weighted by Crippen LogP contribution is -2.39. The molecular weight excluding hydrogens is 277 g/mol. The molecule has 21 heavy (non-hydrogen) atoms. The van der Waals surface area contributed by atoms with Gasteiger partial charge in [-0.2, -0.15) is 5.26 Å². The van der Waals surface area contributed by atoms with Crippen LogP contribution in [0.3, 0.4) is 0 Å². The molecule has 1 fully saturated rings. The number of carbonyl (C=O) groups excluding carboxylic acids is 1. The smallest absolute Gasteiger partial charge is 0.285 e. The summed E-state index contributed by atoms with van der Waals surface area (Å²) in [6.45, 7) is -0.127. The van der Waals surface area contributed by atoms with E-state index in [0.717, 1.165) is 43.9 Å². The summed E-state index contributed by atoms with van der Waals surface area (Å²) in [4.78, 5) is 24.1. The van der Waals surface area contributed by atoms with Gasteiger partial charge in [0.25, 0.3) is 11.6 Å². The predicted octanol–water partition coefficient (Wildman–Crippen LogP) is 2.64. The first-order chi connectivity index (χ1) is 10.0. The highest BCUT2D eigenvalue weighted by molar-refractivity contribution is 5.98. The molecule has 1 aromatic rings. The van der Waals surface area contributed by atoms with Crippen LogP contribution in [0.4, 0.5) is 10.1 Å². The van der Waals surface area contributed by atoms with Gasteiger partial charge in [-0.1, -0.05) is 12.8 Å². The highest BCUT2D eigenvalue weighted by Gasteiger charge is 2.31. The fourth-order valence-corrected chi connectivity index (χ4v) is 2.65. The fourth-order valence-electron chi connectivity index (χ4n) is 2.65. The Bertz CT molecular complexity index is 606. The first-order valence-electron chi connectivity index (χ1n) is 6.66. The number of nitro groups is 1. The molecule has 2 rings (SSSR count). The second-order valence-corrected chi connectivity index (χ2v) is 4.95. The second kappa shape index (κ2) is 6.31. The Labute approximate surface area is 120 Å². The molecule has 6 nitrogen and oxygen atoms in total. The molecular formula is C14H14FN3O3. The average molecular weight is 291 g/mol. The average Bonchev–Trinajstić information content (AvgIpc) is 2.97. The van der Waals surface area contributed by atoms with E-state index in [2.05, 4.69) is 0 Å². The molecule has 0 unspecified atom stereocenters. The van der Waals surface area contributed by atoms with Crippen molar-refractivity contribution in [2.24, 2.45) is 0 Å². The third kappa shape index (κ3) is 3.16. The van der Waals surface area contributed by atoms with E-state index < -0.39 is 22.3 Å². The summed E-state index contributed by atoms with van der Waals surface area (Å²) < 4.78 is 13.1. The van der Waals surface area contributed by atoms with Crippen molar-refractivity contribution in [1.29, 1.82) is 5.26 Å². The van der Waals surface area contributed by atoms with Crippen molar-refractivity contribution in [2.75, 3.05) is 6.54 Å². The minimum absolute atomic E-state index is 0.0817. The van der Waals surface area contributed by atoms with Gasteiger partial charge in [-0.05, 0) is 25.0 Å². The third-order valence-electron chi connectivity index (χ3n) is 3.65. The molecule has 0 heterocycles. The molecule has 0 aliphatic heterocycles. The van der Waals surface area contributed by atoms with E-state index in [1.54, 1.807) is 0 Å². The zero-order valence-electron chi connectivity index (χ0n) is 11.3. The summed E-state index contributed by atoms with van der Waals surface area (Å²) >= 11 is 0. The molecule has 1 amide bonds. The zero-order valence-corrected chi connectivity index (χ0v) is 11.3. The molecule has 0 N–H and O–H groups in total. The number of hydrogen-bond donors (Lipinski definition) is 0. The van der Waals surface area contributed by atoms with Crippen molar-refractivity contribution in [3.63, 3.8) is 0 Å². The molecule has 0 bridgehead atoms. The summed E-state index contributed by atoms with van der Waals surface area (Å²) in [5, 5.41) is 19.9. The monoisotopic (exact) mass is 291 g/mol. The third-order valence-corrected chi connectivity index (χ3v) is 3.65. The molecule has 0 spiro atoms. The van der Waals surface area contributed by atoms with Crippen LogP contribution in [0.25, 0.3) is 0 Å². The quantitative estimate of drug-likeness (QED) is 0.484. The van der Waals surface area contributed by atoms with Crippen molar-refractivity contribution in [3.05, 3.63) is 39.7 Å². The Morgan fingerprint density at radius 3 is 2.71 bits per heavy atom. The molecule has 110 valence electrons. The van der Waals surface area contributed by atoms with Gasteiger partial charge in [0.15, 0.2) is 0 Å². The maximum Gasteiger partial charge on any atom is 0.285 e. The van der Waals surface area contributed by atoms with Crippen molar-refractivity contribution in [1.82, 2.24) is 4.90 Å². The van der Waals surface area contributed by atoms with E-state index in [4.69, 9.17) is 5.26 Å². The van der Waals surface area contributed by atoms with E-state index >= 15 is 0 Å². The molecule has 1 aromatic carbocycles. The van der Waals surface area contributed by atoms with Crippen LogP contribution in [-0.2, 0) is 0 Å². The fraction of sp³-hybridized carbons (Fsp3) is 0.429. The molecule has 1 saturated carbocycles. The van der Waals surface area contributed by atoms with Crippen molar-refractivity contribution >= 4 is 11.6 Å². The standard InChI is InChI=1S/C14H14FN3O3/c15-10-5-6-12(13(9-10)18(20)21)14(19)17(8-7-16)11-3-1-2-4-11/h5-6,9,11H,1-4,8H2. The Kier molecular flexibility index (Phi) is 4.48. The number of rotatable bonds is 4. The van der Waals surface area contributed by atoms with Gasteiger partial charge in [-0.3, -0.25) is 14.9 Å². The molecule has 7 heteroatoms. The van der Waals surface area contributed by atoms with Crippen LogP contribution in [0, 0.1) is 27.3 Å². The van der Waals surface area contributed by atoms with Crippen LogP contribution in [-0.4, -0.2) is 28.3 Å². The van der Waals surface area contributed by atoms with Crippen molar-refractivity contribution < 1.29 is 14.1 Å². The number of nitriles is 1. The van der Waals surface area contributed by atoms with Crippen LogP contribution in [0.2, 0.25) is 0 Å². The topological polar surface area (TPSA) is 87.2 Å². The molecule has 0 aromatic heterocycles. The minimum atomic E-state index is -0.782. The van der Waals surface area contributed by atoms with E-state index in [9.17, 15) is 19.3 Å². The molecule has 1 aliphatic carbocycles. The number of amides is 1. The second-order valence-electron chi connectivity index (χ2n) is 4.95. The Morgan fingerprint density at radius 2 is 2.14 bits per heavy atom. The first-order valence-corrected chi connectivity index (χ1v) is 6.66. The van der Waals surface area contributed by atoms with Gasteiger partial charge in [0, 0.05) is 6.04 Å². The largest absolute Gasteiger partial charge is 0.322 e. The number of benzene rings is 1. The summed E-state index contributed by atoms with van der Waals surface area (Å²) in [5.74, 6) is -1.36. The lowest BCUT2D eigenvalue weighted by atomic mass is 10.1. The zero-order chi connectivity index (χ0) is 15.4. The van der Waals surface area contributed by atoms with Crippen LogP contribution < -0.4 is 0 Å². The maximum atomic E-state index is 13.1. The maximum absolute atomic E-state index is 13.1. The van der Waals surface area contributed by atoms with Crippen LogP contribution >= 0.6 is 0 Å². The van der Waals surface area contributed by atoms with Crippen molar-refractivity contribution in [3.8, 4) is 6.07 Å². The van der Waals surface area contributed by atoms with E-state index in [1.165, 1.54) is 4.90 Å². The predicted molar refractivity (Wildman–Crippen MR) is 72.0 cm³/mol. The van der Waals surface area contributed by atoms with Gasteiger partial charge in [0.1, 0.15) is 17.9 Å². The summed E-state index contributed by atoms with van der Waals surface area (Å²) in [5.41, 5.74) is -0.746. The molecule has 0 saturated heterocycles. The Morgan fingerprint density at radius 1 is 1.48 bits per heavy atom. The molecule has 1 aliphatic rings. The number of nitro benzene ring substituents is 1. The van der Waals surface area contributed by atoms with Crippen LogP contribution in [0.15, 0.2) is 18.2 Å². The summed E-state index contributed by atoms with van der Waals surface area (Å²) in [7, 11) is 0. The number of carbonyl (C=O) groups is 1. The van der Waals surface area contributed by atoms with E-state index in [1.807, 2.05) is 6.07 Å². The van der Waals surface area contributed by atoms with E-state index in [0.29, 0.717) is 0 Å². The minimum Gasteiger partial charge on any atom is -0.322 e.